The Morgan fingerprint density at radius 2 is 2.67 bits per heavy atom. The molecule has 1 heterocycles. The van der Waals surface area contributed by atoms with Gasteiger partial charge in [0.2, 0.25) is 0 Å². The van der Waals surface area contributed by atoms with Crippen LogP contribution in [-0.4, -0.2) is 27.4 Å². The molecule has 0 spiro atoms. The lowest BCUT2D eigenvalue weighted by Gasteiger charge is -1.85. The first kappa shape index (κ1) is 4.15. The summed E-state index contributed by atoms with van der Waals surface area (Å²) in [5, 5.41) is 0. The number of ether oxygens (including phenoxy) is 1. The SMILES string of the molecule is [B]OC[C@@H]1CO1. The molecule has 0 bridgehead atoms. The molecule has 1 rings (SSSR count). The molecule has 1 aliphatic rings. The Labute approximate surface area is 37.9 Å². The zero-order chi connectivity index (χ0) is 4.41. The summed E-state index contributed by atoms with van der Waals surface area (Å²) in [6.07, 6.45) is 0.301. The number of hydrogen-bond donors (Lipinski definition) is 0. The average Bonchev–Trinajstić information content (AvgIpc) is 2.21. The van der Waals surface area contributed by atoms with E-state index in [1.807, 2.05) is 0 Å². The van der Waals surface area contributed by atoms with E-state index in [0.717, 1.165) is 6.61 Å². The lowest BCUT2D eigenvalue weighted by molar-refractivity contribution is 0.281. The van der Waals surface area contributed by atoms with E-state index in [2.05, 4.69) is 12.7 Å². The molecule has 1 fully saturated rings. The van der Waals surface area contributed by atoms with Crippen LogP contribution in [-0.2, 0) is 9.39 Å². The highest BCUT2D eigenvalue weighted by Crippen LogP contribution is 2.06. The van der Waals surface area contributed by atoms with Gasteiger partial charge < -0.3 is 9.39 Å². The quantitative estimate of drug-likeness (QED) is 0.332. The van der Waals surface area contributed by atoms with E-state index in [9.17, 15) is 0 Å². The molecule has 1 saturated heterocycles. The second-order valence-electron chi connectivity index (χ2n) is 1.29. The summed E-state index contributed by atoms with van der Waals surface area (Å²) in [6.45, 7) is 1.36. The van der Waals surface area contributed by atoms with Gasteiger partial charge in [-0.15, -0.1) is 0 Å². The van der Waals surface area contributed by atoms with Crippen molar-refractivity contribution < 1.29 is 9.39 Å². The molecule has 2 radical (unpaired) electrons. The topological polar surface area (TPSA) is 21.8 Å². The Morgan fingerprint density at radius 1 is 2.00 bits per heavy atom. The van der Waals surface area contributed by atoms with Crippen LogP contribution in [0.25, 0.3) is 0 Å². The monoisotopic (exact) mass is 84.0 g/mol. The lowest BCUT2D eigenvalue weighted by atomic mass is 10.5. The van der Waals surface area contributed by atoms with Crippen molar-refractivity contribution in [1.29, 1.82) is 0 Å². The summed E-state index contributed by atoms with van der Waals surface area (Å²) < 4.78 is 8.98. The van der Waals surface area contributed by atoms with Gasteiger partial charge in [0, 0.05) is 0 Å². The Balaban J connectivity index is 1.88. The van der Waals surface area contributed by atoms with Crippen molar-refractivity contribution in [2.24, 2.45) is 0 Å². The number of hydrogen-bond acceptors (Lipinski definition) is 2. The summed E-state index contributed by atoms with van der Waals surface area (Å²) >= 11 is 0. The minimum atomic E-state index is 0.301. The van der Waals surface area contributed by atoms with E-state index >= 15 is 0 Å². The average molecular weight is 83.9 g/mol. The Morgan fingerprint density at radius 3 is 2.83 bits per heavy atom. The molecule has 0 N–H and O–H groups in total. The zero-order valence-corrected chi connectivity index (χ0v) is 3.39. The first-order chi connectivity index (χ1) is 2.93. The molecule has 0 unspecified atom stereocenters. The van der Waals surface area contributed by atoms with Crippen LogP contribution < -0.4 is 0 Å². The lowest BCUT2D eigenvalue weighted by Crippen LogP contribution is -1.96. The maximum Gasteiger partial charge on any atom is 0.282 e. The second kappa shape index (κ2) is 1.62. The molecule has 32 valence electrons. The molecule has 1 aliphatic heterocycles. The van der Waals surface area contributed by atoms with E-state index in [-0.39, 0.29) is 0 Å². The normalized spacial score (nSPS) is 30.3. The third kappa shape index (κ3) is 0.991. The van der Waals surface area contributed by atoms with E-state index < -0.39 is 0 Å². The van der Waals surface area contributed by atoms with Gasteiger partial charge in [-0.25, -0.2) is 0 Å². The van der Waals surface area contributed by atoms with E-state index in [1.165, 1.54) is 0 Å². The molecule has 0 aromatic carbocycles. The molecule has 2 nitrogen and oxygen atoms in total. The van der Waals surface area contributed by atoms with Gasteiger partial charge in [0.05, 0.1) is 13.2 Å². The van der Waals surface area contributed by atoms with Crippen LogP contribution >= 0.6 is 0 Å². The molecule has 3 heteroatoms. The number of rotatable bonds is 2. The second-order valence-corrected chi connectivity index (χ2v) is 1.29. The molecular formula is C3H5BO2. The Bertz CT molecular complexity index is 44.1. The van der Waals surface area contributed by atoms with E-state index in [0.29, 0.717) is 12.7 Å². The van der Waals surface area contributed by atoms with Crippen LogP contribution in [0.3, 0.4) is 0 Å². The van der Waals surface area contributed by atoms with Crippen LogP contribution in [0.5, 0.6) is 0 Å². The molecule has 0 aromatic heterocycles. The maximum atomic E-state index is 4.74. The highest BCUT2D eigenvalue weighted by molar-refractivity contribution is 5.97. The minimum absolute atomic E-state index is 0.301. The molecule has 1 atom stereocenters. The fraction of sp³-hybridized carbons (Fsp3) is 1.00. The van der Waals surface area contributed by atoms with Crippen LogP contribution in [0, 0.1) is 0 Å². The summed E-state index contributed by atoms with van der Waals surface area (Å²) in [6, 6.07) is 0. The van der Waals surface area contributed by atoms with Crippen LogP contribution in [0.15, 0.2) is 0 Å². The maximum absolute atomic E-state index is 4.74. The zero-order valence-electron chi connectivity index (χ0n) is 3.39. The molecular weight excluding hydrogens is 78.8 g/mol. The van der Waals surface area contributed by atoms with Crippen molar-refractivity contribution in [3.05, 3.63) is 0 Å². The van der Waals surface area contributed by atoms with Crippen LogP contribution in [0.4, 0.5) is 0 Å². The minimum Gasteiger partial charge on any atom is -0.445 e. The summed E-state index contributed by atoms with van der Waals surface area (Å²) in [7, 11) is 4.69. The Hall–Kier alpha value is -0.0151. The third-order valence-corrected chi connectivity index (χ3v) is 0.684. The Kier molecular flexibility index (Phi) is 1.12. The van der Waals surface area contributed by atoms with Crippen LogP contribution in [0.2, 0.25) is 0 Å². The van der Waals surface area contributed by atoms with Gasteiger partial charge in [0.25, 0.3) is 8.05 Å². The fourth-order valence-electron chi connectivity index (χ4n) is 0.272. The van der Waals surface area contributed by atoms with Crippen LogP contribution in [0.1, 0.15) is 0 Å². The molecule has 0 aromatic rings. The van der Waals surface area contributed by atoms with Gasteiger partial charge in [-0.2, -0.15) is 0 Å². The largest absolute Gasteiger partial charge is 0.445 e. The third-order valence-electron chi connectivity index (χ3n) is 0.684. The van der Waals surface area contributed by atoms with Crippen molar-refractivity contribution in [2.75, 3.05) is 13.2 Å². The first-order valence-corrected chi connectivity index (χ1v) is 1.87. The van der Waals surface area contributed by atoms with Crippen molar-refractivity contribution in [3.8, 4) is 0 Å². The summed E-state index contributed by atoms with van der Waals surface area (Å²) in [5.41, 5.74) is 0. The standard InChI is InChI=1S/C3H5BO2/c4-6-2-3-1-5-3/h3H,1-2H2/t3-/m0/s1. The van der Waals surface area contributed by atoms with Crippen molar-refractivity contribution >= 4 is 8.05 Å². The number of epoxide rings is 1. The van der Waals surface area contributed by atoms with Crippen molar-refractivity contribution in [2.45, 2.75) is 6.10 Å². The smallest absolute Gasteiger partial charge is 0.282 e. The van der Waals surface area contributed by atoms with Crippen molar-refractivity contribution in [1.82, 2.24) is 0 Å². The van der Waals surface area contributed by atoms with Gasteiger partial charge >= 0.3 is 0 Å². The summed E-state index contributed by atoms with van der Waals surface area (Å²) in [4.78, 5) is 0. The van der Waals surface area contributed by atoms with Gasteiger partial charge in [0.1, 0.15) is 6.10 Å². The fourth-order valence-corrected chi connectivity index (χ4v) is 0.272. The highest BCUT2D eigenvalue weighted by atomic mass is 16.6. The predicted octanol–water partition coefficient (Wildman–Crippen LogP) is -0.515. The van der Waals surface area contributed by atoms with Crippen molar-refractivity contribution in [3.63, 3.8) is 0 Å². The molecule has 0 aliphatic carbocycles. The first-order valence-electron chi connectivity index (χ1n) is 1.87. The highest BCUT2D eigenvalue weighted by Gasteiger charge is 2.20. The van der Waals surface area contributed by atoms with E-state index in [1.54, 1.807) is 0 Å². The van der Waals surface area contributed by atoms with Gasteiger partial charge in [-0.05, 0) is 0 Å². The van der Waals surface area contributed by atoms with Gasteiger partial charge in [-0.1, -0.05) is 0 Å². The predicted molar refractivity (Wildman–Crippen MR) is 21.4 cm³/mol. The van der Waals surface area contributed by atoms with Gasteiger partial charge in [-0.3, -0.25) is 0 Å². The van der Waals surface area contributed by atoms with Gasteiger partial charge in [0.15, 0.2) is 0 Å². The molecule has 0 amide bonds. The van der Waals surface area contributed by atoms with E-state index in [4.69, 9.17) is 4.74 Å². The molecule has 6 heavy (non-hydrogen) atoms. The molecule has 0 saturated carbocycles. The summed E-state index contributed by atoms with van der Waals surface area (Å²) in [5.74, 6) is 0.